The molecule has 0 amide bonds. The van der Waals surface area contributed by atoms with Crippen molar-refractivity contribution in [2.45, 2.75) is 49.1 Å². The van der Waals surface area contributed by atoms with E-state index < -0.39 is 15.3 Å². The molecule has 0 aromatic rings. The third kappa shape index (κ3) is 3.65. The monoisotopic (exact) mass is 262 g/mol. The van der Waals surface area contributed by atoms with E-state index in [1.807, 2.05) is 11.8 Å². The van der Waals surface area contributed by atoms with E-state index in [1.165, 1.54) is 6.92 Å². The van der Waals surface area contributed by atoms with Crippen molar-refractivity contribution in [3.05, 3.63) is 0 Å². The van der Waals surface area contributed by atoms with Gasteiger partial charge in [-0.05, 0) is 38.9 Å². The van der Waals surface area contributed by atoms with Gasteiger partial charge in [-0.25, -0.2) is 13.1 Å². The van der Waals surface area contributed by atoms with E-state index in [2.05, 4.69) is 11.0 Å². The van der Waals surface area contributed by atoms with Gasteiger partial charge in [-0.3, -0.25) is 0 Å². The van der Waals surface area contributed by atoms with Crippen LogP contribution in [0.15, 0.2) is 0 Å². The summed E-state index contributed by atoms with van der Waals surface area (Å²) < 4.78 is 25.9. The van der Waals surface area contributed by atoms with Gasteiger partial charge in [0.15, 0.2) is 5.25 Å². The summed E-state index contributed by atoms with van der Waals surface area (Å²) in [4.78, 5) is 0. The molecule has 1 aliphatic rings. The highest BCUT2D eigenvalue weighted by Gasteiger charge is 2.27. The fraction of sp³-hybridized carbons (Fsp3) is 0.900. The van der Waals surface area contributed by atoms with Gasteiger partial charge >= 0.3 is 0 Å². The third-order valence-corrected chi connectivity index (χ3v) is 5.82. The lowest BCUT2D eigenvalue weighted by atomic mass is 9.96. The second-order valence-corrected chi connectivity index (χ2v) is 7.31. The number of nitriles is 1. The van der Waals surface area contributed by atoms with Crippen molar-refractivity contribution < 1.29 is 8.42 Å². The summed E-state index contributed by atoms with van der Waals surface area (Å²) in [6.45, 7) is 1.41. The van der Waals surface area contributed by atoms with Gasteiger partial charge in [-0.15, -0.1) is 0 Å². The highest BCUT2D eigenvalue weighted by Crippen LogP contribution is 2.27. The fourth-order valence-corrected chi connectivity index (χ4v) is 3.61. The van der Waals surface area contributed by atoms with Crippen LogP contribution in [0.3, 0.4) is 0 Å². The predicted molar refractivity (Wildman–Crippen MR) is 66.7 cm³/mol. The molecule has 0 aromatic heterocycles. The molecule has 0 saturated heterocycles. The summed E-state index contributed by atoms with van der Waals surface area (Å²) in [6, 6.07) is 1.78. The van der Waals surface area contributed by atoms with Gasteiger partial charge in [-0.2, -0.15) is 17.0 Å². The van der Waals surface area contributed by atoms with Crippen LogP contribution in [0.25, 0.3) is 0 Å². The summed E-state index contributed by atoms with van der Waals surface area (Å²) in [5.74, 6) is 0. The second-order valence-electron chi connectivity index (χ2n) is 4.14. The number of nitrogens with zero attached hydrogens (tertiary/aromatic N) is 1. The lowest BCUT2D eigenvalue weighted by Crippen LogP contribution is -2.41. The van der Waals surface area contributed by atoms with Crippen molar-refractivity contribution in [3.63, 3.8) is 0 Å². The quantitative estimate of drug-likeness (QED) is 0.833. The van der Waals surface area contributed by atoms with Crippen molar-refractivity contribution >= 4 is 21.8 Å². The van der Waals surface area contributed by atoms with E-state index in [4.69, 9.17) is 5.26 Å². The molecule has 6 heteroatoms. The van der Waals surface area contributed by atoms with Crippen LogP contribution in [-0.2, 0) is 10.0 Å². The molecule has 1 fully saturated rings. The molecule has 1 N–H and O–H groups in total. The van der Waals surface area contributed by atoms with Gasteiger partial charge in [0.2, 0.25) is 10.0 Å². The van der Waals surface area contributed by atoms with Gasteiger partial charge in [0.1, 0.15) is 0 Å². The lowest BCUT2D eigenvalue weighted by molar-refractivity contribution is 0.419. The normalized spacial score (nSPS) is 28.3. The molecule has 4 nitrogen and oxygen atoms in total. The molecule has 1 aliphatic carbocycles. The van der Waals surface area contributed by atoms with Gasteiger partial charge in [0, 0.05) is 11.3 Å². The first-order valence-electron chi connectivity index (χ1n) is 5.43. The molecule has 16 heavy (non-hydrogen) atoms. The predicted octanol–water partition coefficient (Wildman–Crippen LogP) is 1.49. The van der Waals surface area contributed by atoms with E-state index in [-0.39, 0.29) is 6.04 Å². The Morgan fingerprint density at radius 1 is 1.38 bits per heavy atom. The van der Waals surface area contributed by atoms with Crippen LogP contribution in [0, 0.1) is 11.3 Å². The Bertz CT molecular complexity index is 354. The molecule has 1 rings (SSSR count). The van der Waals surface area contributed by atoms with E-state index in [0.29, 0.717) is 5.25 Å². The molecule has 1 atom stereocenters. The number of thioether (sulfide) groups is 1. The van der Waals surface area contributed by atoms with Crippen LogP contribution in [0.1, 0.15) is 32.6 Å². The largest absolute Gasteiger partial charge is 0.227 e. The first kappa shape index (κ1) is 13.8. The molecule has 0 aliphatic heterocycles. The highest BCUT2D eigenvalue weighted by atomic mass is 32.2. The average molecular weight is 262 g/mol. The summed E-state index contributed by atoms with van der Waals surface area (Å²) in [7, 11) is -3.45. The molecule has 0 bridgehead atoms. The minimum absolute atomic E-state index is 0.0178. The molecule has 0 radical (unpaired) electrons. The average Bonchev–Trinajstić information content (AvgIpc) is 2.28. The molecule has 0 aromatic carbocycles. The van der Waals surface area contributed by atoms with Crippen molar-refractivity contribution in [3.8, 4) is 6.07 Å². The Morgan fingerprint density at radius 3 is 2.38 bits per heavy atom. The number of hydrogen-bond donors (Lipinski definition) is 1. The van der Waals surface area contributed by atoms with Gasteiger partial charge in [-0.1, -0.05) is 0 Å². The van der Waals surface area contributed by atoms with Crippen molar-refractivity contribution in [2.75, 3.05) is 6.26 Å². The Labute approximate surface area is 102 Å². The summed E-state index contributed by atoms with van der Waals surface area (Å²) in [5.41, 5.74) is 0. The Morgan fingerprint density at radius 2 is 1.94 bits per heavy atom. The standard InChI is InChI=1S/C10H18N2O2S2/c1-8(7-11)16(13,14)12-9-3-5-10(15-2)6-4-9/h8-10,12H,3-6H2,1-2H3. The van der Waals surface area contributed by atoms with E-state index in [1.54, 1.807) is 6.07 Å². The zero-order chi connectivity index (χ0) is 12.2. The van der Waals surface area contributed by atoms with Crippen LogP contribution >= 0.6 is 11.8 Å². The van der Waals surface area contributed by atoms with Crippen molar-refractivity contribution in [1.29, 1.82) is 5.26 Å². The summed E-state index contributed by atoms with van der Waals surface area (Å²) in [6.07, 6.45) is 5.95. The van der Waals surface area contributed by atoms with Crippen LogP contribution in [0.2, 0.25) is 0 Å². The first-order valence-corrected chi connectivity index (χ1v) is 8.26. The molecular weight excluding hydrogens is 244 g/mol. The second kappa shape index (κ2) is 5.89. The van der Waals surface area contributed by atoms with E-state index in [0.717, 1.165) is 25.7 Å². The Balaban J connectivity index is 2.49. The molecule has 0 spiro atoms. The Kier molecular flexibility index (Phi) is 5.09. The molecule has 1 saturated carbocycles. The number of hydrogen-bond acceptors (Lipinski definition) is 4. The summed E-state index contributed by atoms with van der Waals surface area (Å²) in [5, 5.41) is 8.30. The molecule has 1 unspecified atom stereocenters. The van der Waals surface area contributed by atoms with Gasteiger partial charge in [0.25, 0.3) is 0 Å². The van der Waals surface area contributed by atoms with Crippen LogP contribution in [0.5, 0.6) is 0 Å². The van der Waals surface area contributed by atoms with E-state index in [9.17, 15) is 8.42 Å². The van der Waals surface area contributed by atoms with Gasteiger partial charge < -0.3 is 0 Å². The van der Waals surface area contributed by atoms with Crippen LogP contribution in [-0.4, -0.2) is 31.2 Å². The van der Waals surface area contributed by atoms with E-state index >= 15 is 0 Å². The highest BCUT2D eigenvalue weighted by molar-refractivity contribution is 7.99. The SMILES string of the molecule is CSC1CCC(NS(=O)(=O)C(C)C#N)CC1. The van der Waals surface area contributed by atoms with Crippen LogP contribution in [0.4, 0.5) is 0 Å². The number of rotatable bonds is 4. The first-order chi connectivity index (χ1) is 7.49. The lowest BCUT2D eigenvalue weighted by Gasteiger charge is -2.28. The third-order valence-electron chi connectivity index (χ3n) is 2.99. The van der Waals surface area contributed by atoms with Crippen molar-refractivity contribution in [2.24, 2.45) is 0 Å². The van der Waals surface area contributed by atoms with Crippen LogP contribution < -0.4 is 4.72 Å². The van der Waals surface area contributed by atoms with Gasteiger partial charge in [0.05, 0.1) is 6.07 Å². The Hall–Kier alpha value is -0.250. The minimum Gasteiger partial charge on any atom is -0.211 e. The number of nitrogens with one attached hydrogen (secondary N) is 1. The summed E-state index contributed by atoms with van der Waals surface area (Å²) >= 11 is 1.85. The molecule has 92 valence electrons. The topological polar surface area (TPSA) is 70.0 Å². The maximum Gasteiger partial charge on any atom is 0.227 e. The zero-order valence-electron chi connectivity index (χ0n) is 9.64. The number of sulfonamides is 1. The maximum atomic E-state index is 11.6. The molecule has 0 heterocycles. The zero-order valence-corrected chi connectivity index (χ0v) is 11.3. The minimum atomic E-state index is -3.45. The smallest absolute Gasteiger partial charge is 0.211 e. The maximum absolute atomic E-state index is 11.6. The fourth-order valence-electron chi connectivity index (χ4n) is 1.82. The molecular formula is C10H18N2O2S2. The van der Waals surface area contributed by atoms with Crippen molar-refractivity contribution in [1.82, 2.24) is 4.72 Å².